The Bertz CT molecular complexity index is 987. The van der Waals surface area contributed by atoms with Crippen LogP contribution >= 0.6 is 11.6 Å². The summed E-state index contributed by atoms with van der Waals surface area (Å²) in [5.41, 5.74) is 2.70. The summed E-state index contributed by atoms with van der Waals surface area (Å²) in [6.07, 6.45) is 4.20. The molecule has 1 saturated carbocycles. The first kappa shape index (κ1) is 18.5. The van der Waals surface area contributed by atoms with Crippen molar-refractivity contribution in [3.05, 3.63) is 88.6 Å². The standard InChI is InChI=1S/C23H21ClN2O2.H2/c1-28-20-5-3-2-4-17(20)14-16-6-11-21(25-15-16)26-22(27)23(12-13-23)18-7-9-19(24)10-8-18;/h2-11,15H,12-14H2,1H3,(H,25,26,27);1H. The molecule has 1 aliphatic carbocycles. The van der Waals surface area contributed by atoms with E-state index in [1.54, 1.807) is 13.3 Å². The van der Waals surface area contributed by atoms with E-state index in [0.717, 1.165) is 41.7 Å². The average molecular weight is 395 g/mol. The van der Waals surface area contributed by atoms with Crippen molar-refractivity contribution >= 4 is 23.3 Å². The van der Waals surface area contributed by atoms with E-state index >= 15 is 0 Å². The maximum atomic E-state index is 12.8. The van der Waals surface area contributed by atoms with Crippen LogP contribution in [0.3, 0.4) is 0 Å². The SMILES string of the molecule is COc1ccccc1Cc1ccc(NC(=O)C2(c3ccc(Cl)cc3)CC2)nc1.[HH]. The van der Waals surface area contributed by atoms with E-state index in [2.05, 4.69) is 10.3 Å². The number of anilines is 1. The van der Waals surface area contributed by atoms with E-state index in [0.29, 0.717) is 10.8 Å². The van der Waals surface area contributed by atoms with E-state index in [1.807, 2.05) is 60.7 Å². The highest BCUT2D eigenvalue weighted by Gasteiger charge is 2.51. The van der Waals surface area contributed by atoms with Crippen molar-refractivity contribution in [3.63, 3.8) is 0 Å². The second kappa shape index (κ2) is 7.64. The molecule has 28 heavy (non-hydrogen) atoms. The number of para-hydroxylation sites is 1. The second-order valence-corrected chi connectivity index (χ2v) is 7.52. The molecule has 1 heterocycles. The first-order chi connectivity index (χ1) is 13.6. The highest BCUT2D eigenvalue weighted by molar-refractivity contribution is 6.30. The van der Waals surface area contributed by atoms with Crippen LogP contribution in [0.15, 0.2) is 66.9 Å². The summed E-state index contributed by atoms with van der Waals surface area (Å²) in [7, 11) is 1.67. The van der Waals surface area contributed by atoms with Crippen LogP contribution in [-0.2, 0) is 16.6 Å². The molecule has 0 radical (unpaired) electrons. The van der Waals surface area contributed by atoms with Crippen LogP contribution in [0.5, 0.6) is 5.75 Å². The van der Waals surface area contributed by atoms with Crippen LogP contribution in [-0.4, -0.2) is 18.0 Å². The minimum absolute atomic E-state index is 0. The molecule has 0 unspecified atom stereocenters. The topological polar surface area (TPSA) is 51.2 Å². The predicted molar refractivity (Wildman–Crippen MR) is 113 cm³/mol. The first-order valence-electron chi connectivity index (χ1n) is 9.25. The van der Waals surface area contributed by atoms with Crippen LogP contribution in [0.25, 0.3) is 0 Å². The fraction of sp³-hybridized carbons (Fsp3) is 0.217. The molecule has 2 aromatic carbocycles. The molecule has 1 fully saturated rings. The molecule has 0 spiro atoms. The number of methoxy groups -OCH3 is 1. The lowest BCUT2D eigenvalue weighted by Gasteiger charge is -2.15. The summed E-state index contributed by atoms with van der Waals surface area (Å²) in [4.78, 5) is 17.3. The predicted octanol–water partition coefficient (Wildman–Crippen LogP) is 5.25. The Balaban J connectivity index is 0.00000240. The van der Waals surface area contributed by atoms with Crippen LogP contribution in [0.4, 0.5) is 5.82 Å². The molecule has 5 heteroatoms. The van der Waals surface area contributed by atoms with Crippen molar-refractivity contribution in [2.45, 2.75) is 24.7 Å². The van der Waals surface area contributed by atoms with Gasteiger partial charge in [-0.25, -0.2) is 4.98 Å². The van der Waals surface area contributed by atoms with Gasteiger partial charge < -0.3 is 10.1 Å². The molecule has 0 bridgehead atoms. The number of nitrogens with zero attached hydrogens (tertiary/aromatic N) is 1. The molecule has 1 amide bonds. The third kappa shape index (κ3) is 3.73. The number of halogens is 1. The number of rotatable bonds is 6. The Kier molecular flexibility index (Phi) is 5.05. The Hall–Kier alpha value is -2.85. The van der Waals surface area contributed by atoms with Gasteiger partial charge in [0.1, 0.15) is 11.6 Å². The van der Waals surface area contributed by atoms with Crippen LogP contribution in [0.1, 0.15) is 31.0 Å². The maximum Gasteiger partial charge on any atom is 0.236 e. The lowest BCUT2D eigenvalue weighted by molar-refractivity contribution is -0.118. The third-order valence-corrected chi connectivity index (χ3v) is 5.49. The summed E-state index contributed by atoms with van der Waals surface area (Å²) in [6, 6.07) is 19.3. The Morgan fingerprint density at radius 1 is 1.14 bits per heavy atom. The van der Waals surface area contributed by atoms with Gasteiger partial charge in [0.2, 0.25) is 5.91 Å². The molecule has 3 aromatic rings. The molecule has 1 N–H and O–H groups in total. The zero-order valence-corrected chi connectivity index (χ0v) is 16.4. The van der Waals surface area contributed by atoms with Crippen LogP contribution in [0, 0.1) is 0 Å². The summed E-state index contributed by atoms with van der Waals surface area (Å²) >= 11 is 5.96. The van der Waals surface area contributed by atoms with Crippen molar-refractivity contribution in [2.75, 3.05) is 12.4 Å². The lowest BCUT2D eigenvalue weighted by Crippen LogP contribution is -2.28. The van der Waals surface area contributed by atoms with E-state index in [9.17, 15) is 4.79 Å². The smallest absolute Gasteiger partial charge is 0.236 e. The largest absolute Gasteiger partial charge is 0.496 e. The number of carbonyl (C=O) groups excluding carboxylic acids is 1. The number of benzene rings is 2. The quantitative estimate of drug-likeness (QED) is 0.621. The number of aromatic nitrogens is 1. The highest BCUT2D eigenvalue weighted by Crippen LogP contribution is 2.49. The highest BCUT2D eigenvalue weighted by atomic mass is 35.5. The van der Waals surface area contributed by atoms with Crippen molar-refractivity contribution in [1.29, 1.82) is 0 Å². The molecular weight excluding hydrogens is 372 g/mol. The van der Waals surface area contributed by atoms with Crippen LogP contribution in [0.2, 0.25) is 5.02 Å². The molecule has 0 atom stereocenters. The minimum Gasteiger partial charge on any atom is -0.496 e. The van der Waals surface area contributed by atoms with Crippen LogP contribution < -0.4 is 10.1 Å². The first-order valence-corrected chi connectivity index (χ1v) is 9.63. The Morgan fingerprint density at radius 2 is 1.89 bits per heavy atom. The minimum atomic E-state index is -0.456. The monoisotopic (exact) mass is 394 g/mol. The van der Waals surface area contributed by atoms with E-state index in [1.165, 1.54) is 0 Å². The van der Waals surface area contributed by atoms with Gasteiger partial charge >= 0.3 is 0 Å². The van der Waals surface area contributed by atoms with Gasteiger partial charge in [-0.3, -0.25) is 4.79 Å². The van der Waals surface area contributed by atoms with Gasteiger partial charge in [-0.05, 0) is 53.8 Å². The van der Waals surface area contributed by atoms with E-state index in [-0.39, 0.29) is 7.33 Å². The van der Waals surface area contributed by atoms with Gasteiger partial charge in [0, 0.05) is 19.1 Å². The number of hydrogen-bond acceptors (Lipinski definition) is 3. The summed E-state index contributed by atoms with van der Waals surface area (Å²) in [5.74, 6) is 1.41. The van der Waals surface area contributed by atoms with Crippen molar-refractivity contribution < 1.29 is 11.0 Å². The zero-order valence-electron chi connectivity index (χ0n) is 15.6. The molecule has 144 valence electrons. The maximum absolute atomic E-state index is 12.8. The van der Waals surface area contributed by atoms with E-state index in [4.69, 9.17) is 16.3 Å². The Labute approximate surface area is 171 Å². The van der Waals surface area contributed by atoms with Gasteiger partial charge in [0.15, 0.2) is 0 Å². The Morgan fingerprint density at radius 3 is 2.54 bits per heavy atom. The van der Waals surface area contributed by atoms with Crippen molar-refractivity contribution in [3.8, 4) is 5.75 Å². The number of hydrogen-bond donors (Lipinski definition) is 1. The number of nitrogens with one attached hydrogen (secondary N) is 1. The van der Waals surface area contributed by atoms with E-state index < -0.39 is 5.41 Å². The average Bonchev–Trinajstić information content (AvgIpc) is 3.52. The summed E-state index contributed by atoms with van der Waals surface area (Å²) in [5, 5.41) is 3.64. The fourth-order valence-corrected chi connectivity index (χ4v) is 3.57. The third-order valence-electron chi connectivity index (χ3n) is 5.23. The molecule has 1 aliphatic rings. The number of carbonyl (C=O) groups is 1. The van der Waals surface area contributed by atoms with Gasteiger partial charge in [-0.15, -0.1) is 0 Å². The van der Waals surface area contributed by atoms with Gasteiger partial charge in [0.05, 0.1) is 12.5 Å². The summed E-state index contributed by atoms with van der Waals surface area (Å²) in [6.45, 7) is 0. The van der Waals surface area contributed by atoms with Gasteiger partial charge in [-0.1, -0.05) is 48.0 Å². The normalized spacial score (nSPS) is 14.4. The lowest BCUT2D eigenvalue weighted by atomic mass is 9.95. The molecular formula is C23H23ClN2O2. The molecule has 0 saturated heterocycles. The number of ether oxygens (including phenoxy) is 1. The number of pyridine rings is 1. The fourth-order valence-electron chi connectivity index (χ4n) is 3.45. The molecule has 4 rings (SSSR count). The van der Waals surface area contributed by atoms with Crippen molar-refractivity contribution in [1.82, 2.24) is 4.98 Å². The molecule has 4 nitrogen and oxygen atoms in total. The molecule has 1 aromatic heterocycles. The number of amides is 1. The summed E-state index contributed by atoms with van der Waals surface area (Å²) < 4.78 is 5.40. The second-order valence-electron chi connectivity index (χ2n) is 7.08. The zero-order chi connectivity index (χ0) is 19.6. The van der Waals surface area contributed by atoms with Gasteiger partial charge in [-0.2, -0.15) is 0 Å². The van der Waals surface area contributed by atoms with Gasteiger partial charge in [0.25, 0.3) is 0 Å². The molecule has 0 aliphatic heterocycles. The van der Waals surface area contributed by atoms with Crippen molar-refractivity contribution in [2.24, 2.45) is 0 Å².